The van der Waals surface area contributed by atoms with Gasteiger partial charge in [-0.25, -0.2) is 0 Å². The van der Waals surface area contributed by atoms with Gasteiger partial charge in [-0.05, 0) is 38.0 Å². The number of hydrogen-bond acceptors (Lipinski definition) is 3. The van der Waals surface area contributed by atoms with Crippen molar-refractivity contribution in [1.29, 1.82) is 0 Å². The van der Waals surface area contributed by atoms with Crippen molar-refractivity contribution < 1.29 is 9.84 Å². The van der Waals surface area contributed by atoms with Crippen LogP contribution in [0.25, 0.3) is 0 Å². The highest BCUT2D eigenvalue weighted by atomic mass is 16.5. The van der Waals surface area contributed by atoms with Crippen LogP contribution in [0, 0.1) is 13.8 Å². The molecule has 2 aromatic rings. The highest BCUT2D eigenvalue weighted by molar-refractivity contribution is 5.60. The number of aromatic hydroxyl groups is 1. The number of ether oxygens (including phenoxy) is 1. The van der Waals surface area contributed by atoms with Crippen LogP contribution in [-0.2, 0) is 0 Å². The smallest absolute Gasteiger partial charge is 0.126 e. The quantitative estimate of drug-likeness (QED) is 0.844. The summed E-state index contributed by atoms with van der Waals surface area (Å²) in [6, 6.07) is 11.6. The number of para-hydroxylation sites is 1. The van der Waals surface area contributed by atoms with Crippen molar-refractivity contribution >= 4 is 5.69 Å². The largest absolute Gasteiger partial charge is 0.508 e. The predicted octanol–water partition coefficient (Wildman–Crippen LogP) is 4.58. The van der Waals surface area contributed by atoms with E-state index in [-0.39, 0.29) is 6.04 Å². The first-order valence-corrected chi connectivity index (χ1v) is 7.27. The molecule has 1 unspecified atom stereocenters. The molecule has 1 atom stereocenters. The standard InChI is InChI=1S/C18H23NO2/c1-5-15(14-8-6-7-9-17(14)20)19-16-11-10-12(2)18(21-4)13(16)3/h6-11,15,19-20H,5H2,1-4H3. The number of hydrogen-bond donors (Lipinski definition) is 2. The Bertz CT molecular complexity index is 623. The fourth-order valence-electron chi connectivity index (χ4n) is 2.67. The van der Waals surface area contributed by atoms with Gasteiger partial charge in [-0.3, -0.25) is 0 Å². The second-order valence-corrected chi connectivity index (χ2v) is 5.25. The molecule has 0 aliphatic heterocycles. The zero-order chi connectivity index (χ0) is 15.4. The average Bonchev–Trinajstić information content (AvgIpc) is 2.48. The molecule has 21 heavy (non-hydrogen) atoms. The van der Waals surface area contributed by atoms with Crippen molar-refractivity contribution in [3.8, 4) is 11.5 Å². The summed E-state index contributed by atoms with van der Waals surface area (Å²) in [6.45, 7) is 6.19. The van der Waals surface area contributed by atoms with E-state index in [1.165, 1.54) is 0 Å². The van der Waals surface area contributed by atoms with Crippen LogP contribution >= 0.6 is 0 Å². The molecule has 0 fully saturated rings. The number of aryl methyl sites for hydroxylation is 1. The lowest BCUT2D eigenvalue weighted by Gasteiger charge is -2.22. The summed E-state index contributed by atoms with van der Waals surface area (Å²) in [5, 5.41) is 13.6. The molecule has 0 aliphatic rings. The van der Waals surface area contributed by atoms with Gasteiger partial charge in [0.25, 0.3) is 0 Å². The number of rotatable bonds is 5. The summed E-state index contributed by atoms with van der Waals surface area (Å²) >= 11 is 0. The molecule has 0 aliphatic carbocycles. The molecular formula is C18H23NO2. The Morgan fingerprint density at radius 2 is 1.86 bits per heavy atom. The summed E-state index contributed by atoms with van der Waals surface area (Å²) in [7, 11) is 1.69. The molecule has 3 nitrogen and oxygen atoms in total. The SMILES string of the molecule is CCC(Nc1ccc(C)c(OC)c1C)c1ccccc1O. The predicted molar refractivity (Wildman–Crippen MR) is 87.2 cm³/mol. The molecule has 2 aromatic carbocycles. The summed E-state index contributed by atoms with van der Waals surface area (Å²) in [4.78, 5) is 0. The summed E-state index contributed by atoms with van der Waals surface area (Å²) in [6.07, 6.45) is 0.882. The lowest BCUT2D eigenvalue weighted by Crippen LogP contribution is -2.11. The Morgan fingerprint density at radius 1 is 1.14 bits per heavy atom. The number of phenols is 1. The first-order valence-electron chi connectivity index (χ1n) is 7.27. The number of phenolic OH excluding ortho intramolecular Hbond substituents is 1. The van der Waals surface area contributed by atoms with Gasteiger partial charge in [0.2, 0.25) is 0 Å². The van der Waals surface area contributed by atoms with Gasteiger partial charge in [-0.2, -0.15) is 0 Å². The van der Waals surface area contributed by atoms with Gasteiger partial charge >= 0.3 is 0 Å². The van der Waals surface area contributed by atoms with E-state index < -0.39 is 0 Å². The third-order valence-electron chi connectivity index (χ3n) is 3.86. The van der Waals surface area contributed by atoms with Crippen molar-refractivity contribution in [3.05, 3.63) is 53.1 Å². The molecule has 3 heteroatoms. The van der Waals surface area contributed by atoms with E-state index in [9.17, 15) is 5.11 Å². The van der Waals surface area contributed by atoms with Crippen molar-refractivity contribution in [2.45, 2.75) is 33.2 Å². The van der Waals surface area contributed by atoms with E-state index in [2.05, 4.69) is 18.3 Å². The maximum Gasteiger partial charge on any atom is 0.126 e. The van der Waals surface area contributed by atoms with Crippen molar-refractivity contribution in [2.75, 3.05) is 12.4 Å². The number of nitrogens with one attached hydrogen (secondary N) is 1. The Morgan fingerprint density at radius 3 is 2.48 bits per heavy atom. The first-order chi connectivity index (χ1) is 10.1. The first kappa shape index (κ1) is 15.2. The van der Waals surface area contributed by atoms with Gasteiger partial charge in [0.05, 0.1) is 13.2 Å². The lowest BCUT2D eigenvalue weighted by molar-refractivity contribution is 0.408. The highest BCUT2D eigenvalue weighted by Crippen LogP contribution is 2.34. The minimum Gasteiger partial charge on any atom is -0.508 e. The van der Waals surface area contributed by atoms with Gasteiger partial charge in [-0.15, -0.1) is 0 Å². The second kappa shape index (κ2) is 6.53. The van der Waals surface area contributed by atoms with Crippen LogP contribution in [0.5, 0.6) is 11.5 Å². The molecule has 0 heterocycles. The van der Waals surface area contributed by atoms with Crippen LogP contribution in [0.3, 0.4) is 0 Å². The van der Waals surface area contributed by atoms with E-state index in [1.54, 1.807) is 13.2 Å². The molecule has 0 aromatic heterocycles. The zero-order valence-electron chi connectivity index (χ0n) is 13.1. The fourth-order valence-corrected chi connectivity index (χ4v) is 2.67. The average molecular weight is 285 g/mol. The molecule has 112 valence electrons. The maximum atomic E-state index is 10.0. The fraction of sp³-hybridized carbons (Fsp3) is 0.333. The minimum absolute atomic E-state index is 0.0670. The van der Waals surface area contributed by atoms with Gasteiger partial charge in [0.15, 0.2) is 0 Å². The Kier molecular flexibility index (Phi) is 4.73. The van der Waals surface area contributed by atoms with E-state index in [4.69, 9.17) is 4.74 Å². The Balaban J connectivity index is 2.34. The summed E-state index contributed by atoms with van der Waals surface area (Å²) in [5.41, 5.74) is 4.16. The number of methoxy groups -OCH3 is 1. The van der Waals surface area contributed by atoms with Crippen LogP contribution in [-0.4, -0.2) is 12.2 Å². The normalized spacial score (nSPS) is 12.0. The molecule has 0 spiro atoms. The van der Waals surface area contributed by atoms with Crippen molar-refractivity contribution in [1.82, 2.24) is 0 Å². The Hall–Kier alpha value is -2.16. The van der Waals surface area contributed by atoms with Crippen LogP contribution < -0.4 is 10.1 Å². The number of anilines is 1. The third kappa shape index (κ3) is 3.13. The van der Waals surface area contributed by atoms with Crippen LogP contribution in [0.2, 0.25) is 0 Å². The third-order valence-corrected chi connectivity index (χ3v) is 3.86. The second-order valence-electron chi connectivity index (χ2n) is 5.25. The van der Waals surface area contributed by atoms with Gasteiger partial charge in [0.1, 0.15) is 11.5 Å². The molecule has 0 bridgehead atoms. The monoisotopic (exact) mass is 285 g/mol. The molecule has 0 saturated carbocycles. The highest BCUT2D eigenvalue weighted by Gasteiger charge is 2.15. The van der Waals surface area contributed by atoms with Crippen molar-refractivity contribution in [3.63, 3.8) is 0 Å². The minimum atomic E-state index is 0.0670. The van der Waals surface area contributed by atoms with Crippen LogP contribution in [0.4, 0.5) is 5.69 Å². The molecule has 2 rings (SSSR count). The van der Waals surface area contributed by atoms with Crippen LogP contribution in [0.15, 0.2) is 36.4 Å². The molecule has 0 radical (unpaired) electrons. The van der Waals surface area contributed by atoms with E-state index in [0.717, 1.165) is 34.5 Å². The van der Waals surface area contributed by atoms with Crippen LogP contribution in [0.1, 0.15) is 36.1 Å². The number of benzene rings is 2. The Labute approximate surface area is 126 Å². The lowest BCUT2D eigenvalue weighted by atomic mass is 10.0. The van der Waals surface area contributed by atoms with Crippen molar-refractivity contribution in [2.24, 2.45) is 0 Å². The molecule has 0 amide bonds. The zero-order valence-corrected chi connectivity index (χ0v) is 13.1. The topological polar surface area (TPSA) is 41.5 Å². The van der Waals surface area contributed by atoms with Gasteiger partial charge < -0.3 is 15.2 Å². The summed E-state index contributed by atoms with van der Waals surface area (Å²) < 4.78 is 5.47. The van der Waals surface area contributed by atoms with E-state index >= 15 is 0 Å². The maximum absolute atomic E-state index is 10.0. The molecular weight excluding hydrogens is 262 g/mol. The summed E-state index contributed by atoms with van der Waals surface area (Å²) in [5.74, 6) is 1.24. The van der Waals surface area contributed by atoms with E-state index in [1.807, 2.05) is 38.1 Å². The van der Waals surface area contributed by atoms with Gasteiger partial charge in [0, 0.05) is 16.8 Å². The van der Waals surface area contributed by atoms with E-state index in [0.29, 0.717) is 5.75 Å². The molecule has 0 saturated heterocycles. The van der Waals surface area contributed by atoms with Gasteiger partial charge in [-0.1, -0.05) is 31.2 Å². The molecule has 2 N–H and O–H groups in total.